The van der Waals surface area contributed by atoms with Crippen LogP contribution in [-0.2, 0) is 23.8 Å². The van der Waals surface area contributed by atoms with E-state index in [-0.39, 0.29) is 25.2 Å². The summed E-state index contributed by atoms with van der Waals surface area (Å²) in [6, 6.07) is 0. The molecule has 0 radical (unpaired) electrons. The normalized spacial score (nSPS) is 12.3. The first-order chi connectivity index (χ1) is 28.6. The van der Waals surface area contributed by atoms with Gasteiger partial charge in [-0.2, -0.15) is 0 Å². The lowest BCUT2D eigenvalue weighted by atomic mass is 10.0. The van der Waals surface area contributed by atoms with Crippen molar-refractivity contribution in [1.82, 2.24) is 0 Å². The van der Waals surface area contributed by atoms with Crippen LogP contribution in [-0.4, -0.2) is 37.9 Å². The second-order valence-electron chi connectivity index (χ2n) is 17.4. The molecule has 0 aromatic rings. The molecule has 342 valence electrons. The quantitative estimate of drug-likeness (QED) is 0.0348. The van der Waals surface area contributed by atoms with Gasteiger partial charge in [0, 0.05) is 19.4 Å². The maximum atomic E-state index is 12.7. The Kier molecular flexibility index (Phi) is 48.4. The Morgan fingerprint density at radius 2 is 0.690 bits per heavy atom. The van der Waals surface area contributed by atoms with Crippen molar-refractivity contribution in [2.75, 3.05) is 19.8 Å². The van der Waals surface area contributed by atoms with E-state index in [4.69, 9.17) is 14.2 Å². The Labute approximate surface area is 362 Å². The van der Waals surface area contributed by atoms with E-state index in [1.165, 1.54) is 186 Å². The Morgan fingerprint density at radius 1 is 0.362 bits per heavy atom. The molecule has 5 heteroatoms. The molecule has 1 atom stereocenters. The second kappa shape index (κ2) is 49.7. The highest BCUT2D eigenvalue weighted by molar-refractivity contribution is 5.70. The average Bonchev–Trinajstić information content (AvgIpc) is 3.22. The summed E-state index contributed by atoms with van der Waals surface area (Å²) in [6.45, 7) is 7.81. The van der Waals surface area contributed by atoms with Crippen LogP contribution in [0.15, 0.2) is 24.3 Å². The smallest absolute Gasteiger partial charge is 0.306 e. The van der Waals surface area contributed by atoms with E-state index < -0.39 is 6.10 Å². The van der Waals surface area contributed by atoms with Crippen LogP contribution in [0.4, 0.5) is 0 Å². The summed E-state index contributed by atoms with van der Waals surface area (Å²) >= 11 is 0. The van der Waals surface area contributed by atoms with Gasteiger partial charge in [0.2, 0.25) is 0 Å². The van der Waals surface area contributed by atoms with Crippen LogP contribution in [0.5, 0.6) is 0 Å². The first-order valence-corrected chi connectivity index (χ1v) is 25.9. The largest absolute Gasteiger partial charge is 0.462 e. The van der Waals surface area contributed by atoms with E-state index in [1.807, 2.05) is 0 Å². The standard InChI is InChI=1S/C53H100O5/c1-4-7-10-13-16-19-22-24-25-26-27-28-30-33-36-39-42-45-48-56-49-51(58-53(55)47-44-41-38-35-31-21-18-15-12-9-6-3)50-57-52(54)46-43-40-37-34-32-29-23-20-17-14-11-8-5-2/h15,18,20,23,51H,4-14,16-17,19,21-22,24-50H2,1-3H3/b18-15-,23-20-. The molecular weight excluding hydrogens is 717 g/mol. The number of allylic oxidation sites excluding steroid dienone is 4. The molecular formula is C53H100O5. The average molecular weight is 817 g/mol. The highest BCUT2D eigenvalue weighted by Crippen LogP contribution is 2.16. The fourth-order valence-electron chi connectivity index (χ4n) is 7.55. The van der Waals surface area contributed by atoms with Gasteiger partial charge in [-0.25, -0.2) is 0 Å². The molecule has 0 fully saturated rings. The molecule has 5 nitrogen and oxygen atoms in total. The first kappa shape index (κ1) is 56.4. The molecule has 0 saturated carbocycles. The zero-order valence-electron chi connectivity index (χ0n) is 39.3. The third-order valence-electron chi connectivity index (χ3n) is 11.5. The molecule has 0 heterocycles. The second-order valence-corrected chi connectivity index (χ2v) is 17.4. The molecule has 0 amide bonds. The molecule has 0 aliphatic carbocycles. The monoisotopic (exact) mass is 817 g/mol. The summed E-state index contributed by atoms with van der Waals surface area (Å²) < 4.78 is 17.4. The Hall–Kier alpha value is -1.62. The van der Waals surface area contributed by atoms with E-state index in [1.54, 1.807) is 0 Å². The lowest BCUT2D eigenvalue weighted by Crippen LogP contribution is -2.30. The molecule has 0 aromatic carbocycles. The van der Waals surface area contributed by atoms with Crippen molar-refractivity contribution in [1.29, 1.82) is 0 Å². The van der Waals surface area contributed by atoms with Gasteiger partial charge in [-0.05, 0) is 64.2 Å². The van der Waals surface area contributed by atoms with E-state index >= 15 is 0 Å². The zero-order valence-corrected chi connectivity index (χ0v) is 39.3. The van der Waals surface area contributed by atoms with E-state index in [0.717, 1.165) is 57.8 Å². The van der Waals surface area contributed by atoms with Gasteiger partial charge in [0.25, 0.3) is 0 Å². The minimum atomic E-state index is -0.536. The predicted molar refractivity (Wildman–Crippen MR) is 252 cm³/mol. The topological polar surface area (TPSA) is 61.8 Å². The molecule has 58 heavy (non-hydrogen) atoms. The molecule has 0 aliphatic heterocycles. The van der Waals surface area contributed by atoms with Gasteiger partial charge in [0.1, 0.15) is 6.61 Å². The molecule has 1 unspecified atom stereocenters. The van der Waals surface area contributed by atoms with Gasteiger partial charge in [-0.15, -0.1) is 0 Å². The van der Waals surface area contributed by atoms with Crippen molar-refractivity contribution in [2.45, 2.75) is 284 Å². The van der Waals surface area contributed by atoms with E-state index in [9.17, 15) is 9.59 Å². The lowest BCUT2D eigenvalue weighted by Gasteiger charge is -2.18. The van der Waals surface area contributed by atoms with Gasteiger partial charge in [-0.1, -0.05) is 225 Å². The van der Waals surface area contributed by atoms with Crippen LogP contribution in [0.1, 0.15) is 278 Å². The number of rotatable bonds is 48. The number of carbonyl (C=O) groups is 2. The summed E-state index contributed by atoms with van der Waals surface area (Å²) in [5, 5.41) is 0. The Morgan fingerprint density at radius 3 is 1.12 bits per heavy atom. The molecule has 0 aliphatic rings. The SMILES string of the molecule is CCCC/C=C\CCCCCCCC(=O)OC(COCCCCCCCCCCCCCCCCCCCC)COC(=O)CCCCCCC/C=C\CCCCCC. The minimum absolute atomic E-state index is 0.0836. The summed E-state index contributed by atoms with van der Waals surface area (Å²) in [5.41, 5.74) is 0. The molecule has 0 aromatic heterocycles. The Bertz CT molecular complexity index is 882. The van der Waals surface area contributed by atoms with Crippen LogP contribution in [0, 0.1) is 0 Å². The number of hydrogen-bond acceptors (Lipinski definition) is 5. The first-order valence-electron chi connectivity index (χ1n) is 25.9. The summed E-state index contributed by atoms with van der Waals surface area (Å²) in [4.78, 5) is 25.3. The van der Waals surface area contributed by atoms with Gasteiger partial charge < -0.3 is 14.2 Å². The van der Waals surface area contributed by atoms with E-state index in [0.29, 0.717) is 19.4 Å². The van der Waals surface area contributed by atoms with Crippen molar-refractivity contribution in [3.8, 4) is 0 Å². The fraction of sp³-hybridized carbons (Fsp3) is 0.887. The summed E-state index contributed by atoms with van der Waals surface area (Å²) in [6.07, 6.45) is 57.6. The predicted octanol–water partition coefficient (Wildman–Crippen LogP) is 17.2. The fourth-order valence-corrected chi connectivity index (χ4v) is 7.55. The number of hydrogen-bond donors (Lipinski definition) is 0. The Balaban J connectivity index is 4.18. The third-order valence-corrected chi connectivity index (χ3v) is 11.5. The summed E-state index contributed by atoms with van der Waals surface area (Å²) in [5.74, 6) is -0.404. The van der Waals surface area contributed by atoms with Crippen molar-refractivity contribution in [3.05, 3.63) is 24.3 Å². The summed E-state index contributed by atoms with van der Waals surface area (Å²) in [7, 11) is 0. The van der Waals surface area contributed by atoms with Gasteiger partial charge in [-0.3, -0.25) is 9.59 Å². The third kappa shape index (κ3) is 47.1. The van der Waals surface area contributed by atoms with Crippen LogP contribution in [0.3, 0.4) is 0 Å². The van der Waals surface area contributed by atoms with Crippen LogP contribution in [0.25, 0.3) is 0 Å². The zero-order chi connectivity index (χ0) is 42.1. The number of ether oxygens (including phenoxy) is 3. The van der Waals surface area contributed by atoms with Gasteiger partial charge >= 0.3 is 11.9 Å². The highest BCUT2D eigenvalue weighted by atomic mass is 16.6. The maximum Gasteiger partial charge on any atom is 0.306 e. The number of unbranched alkanes of at least 4 members (excludes halogenated alkanes) is 33. The van der Waals surface area contributed by atoms with E-state index in [2.05, 4.69) is 45.1 Å². The van der Waals surface area contributed by atoms with Gasteiger partial charge in [0.15, 0.2) is 6.10 Å². The van der Waals surface area contributed by atoms with Crippen LogP contribution >= 0.6 is 0 Å². The lowest BCUT2D eigenvalue weighted by molar-refractivity contribution is -0.163. The maximum absolute atomic E-state index is 12.7. The molecule has 0 bridgehead atoms. The van der Waals surface area contributed by atoms with Crippen molar-refractivity contribution < 1.29 is 23.8 Å². The van der Waals surface area contributed by atoms with Crippen LogP contribution < -0.4 is 0 Å². The highest BCUT2D eigenvalue weighted by Gasteiger charge is 2.17. The molecule has 0 N–H and O–H groups in total. The minimum Gasteiger partial charge on any atom is -0.462 e. The van der Waals surface area contributed by atoms with Crippen LogP contribution in [0.2, 0.25) is 0 Å². The van der Waals surface area contributed by atoms with Gasteiger partial charge in [0.05, 0.1) is 6.61 Å². The van der Waals surface area contributed by atoms with Crippen molar-refractivity contribution >= 4 is 11.9 Å². The molecule has 0 spiro atoms. The van der Waals surface area contributed by atoms with Crippen molar-refractivity contribution in [3.63, 3.8) is 0 Å². The number of carbonyl (C=O) groups excluding carboxylic acids is 2. The molecule has 0 rings (SSSR count). The molecule has 0 saturated heterocycles. The van der Waals surface area contributed by atoms with Crippen molar-refractivity contribution in [2.24, 2.45) is 0 Å². The number of esters is 2.